The van der Waals surface area contributed by atoms with Crippen LogP contribution in [0.3, 0.4) is 0 Å². The second kappa shape index (κ2) is 12.5. The lowest BCUT2D eigenvalue weighted by Gasteiger charge is -2.24. The maximum Gasteiger partial charge on any atom is 0.340 e. The number of ether oxygens (including phenoxy) is 1. The number of rotatable bonds is 13. The lowest BCUT2D eigenvalue weighted by molar-refractivity contribution is 0.00159. The first-order chi connectivity index (χ1) is 17.8. The van der Waals surface area contributed by atoms with Crippen molar-refractivity contribution in [3.63, 3.8) is 0 Å². The Kier molecular flexibility index (Phi) is 10.1. The van der Waals surface area contributed by atoms with Crippen molar-refractivity contribution in [2.24, 2.45) is 7.05 Å². The molecule has 1 fully saturated rings. The highest BCUT2D eigenvalue weighted by Gasteiger charge is 2.36. The van der Waals surface area contributed by atoms with E-state index in [-0.39, 0.29) is 35.1 Å². The number of aliphatic hydroxyl groups is 2. The molecule has 2 aromatic rings. The van der Waals surface area contributed by atoms with Crippen molar-refractivity contribution in [1.82, 2.24) is 14.5 Å². The Labute approximate surface area is 219 Å². The van der Waals surface area contributed by atoms with E-state index in [2.05, 4.69) is 15.3 Å². The van der Waals surface area contributed by atoms with Crippen LogP contribution in [0.4, 0.5) is 10.2 Å². The molecule has 1 saturated carbocycles. The molecular weight excluding hydrogens is 545 g/mol. The largest absolute Gasteiger partial charge is 0.467 e. The number of methoxy groups -OCH3 is 1. The molecule has 1 aliphatic rings. The van der Waals surface area contributed by atoms with Gasteiger partial charge in [-0.15, -0.1) is 0 Å². The van der Waals surface area contributed by atoms with E-state index in [4.69, 9.17) is 19.0 Å². The van der Waals surface area contributed by atoms with Gasteiger partial charge in [-0.2, -0.15) is 9.97 Å². The number of nitrogens with zero attached hydrogens (tertiary/aromatic N) is 3. The van der Waals surface area contributed by atoms with Gasteiger partial charge in [0, 0.05) is 24.8 Å². The number of hydrogen-bond acceptors (Lipinski definition) is 9. The fourth-order valence-corrected chi connectivity index (χ4v) is 7.04. The SMILES string of the molecule is CC/C=C(/COP(=O)(O)CP(=O)(O)O)[C@@H](O)[C@H](F)[C@@H](O)c1cn(C)c2c(NC3CCCC3)nc(OC)nc12. The normalized spacial score (nSPS) is 19.3. The number of aryl methyl sites for hydroxylation is 1. The fraction of sp³-hybridized carbons (Fsp3) is 0.636. The van der Waals surface area contributed by atoms with Gasteiger partial charge in [0.05, 0.1) is 13.7 Å². The minimum Gasteiger partial charge on any atom is -0.467 e. The van der Waals surface area contributed by atoms with Crippen LogP contribution in [0.25, 0.3) is 11.0 Å². The van der Waals surface area contributed by atoms with Gasteiger partial charge in [0.2, 0.25) is 0 Å². The van der Waals surface area contributed by atoms with Crippen LogP contribution in [0.2, 0.25) is 0 Å². The summed E-state index contributed by atoms with van der Waals surface area (Å²) in [6.07, 6.45) is 1.07. The molecule has 13 nitrogen and oxygen atoms in total. The molecular formula is C22H35FN4O9P2. The lowest BCUT2D eigenvalue weighted by atomic mass is 9.97. The molecule has 38 heavy (non-hydrogen) atoms. The number of alkyl halides is 1. The van der Waals surface area contributed by atoms with Crippen LogP contribution in [-0.2, 0) is 20.7 Å². The lowest BCUT2D eigenvalue weighted by Crippen LogP contribution is -2.31. The summed E-state index contributed by atoms with van der Waals surface area (Å²) in [5.41, 5.74) is 0.631. The average Bonchev–Trinajstić information content (AvgIpc) is 3.46. The van der Waals surface area contributed by atoms with E-state index in [9.17, 15) is 24.2 Å². The predicted octanol–water partition coefficient (Wildman–Crippen LogP) is 2.74. The van der Waals surface area contributed by atoms with Gasteiger partial charge >= 0.3 is 21.2 Å². The summed E-state index contributed by atoms with van der Waals surface area (Å²) in [6.45, 7) is 0.883. The summed E-state index contributed by atoms with van der Waals surface area (Å²) in [5, 5.41) is 25.0. The Balaban J connectivity index is 1.88. The van der Waals surface area contributed by atoms with Gasteiger partial charge in [-0.25, -0.2) is 4.39 Å². The summed E-state index contributed by atoms with van der Waals surface area (Å²) in [7, 11) is -6.54. The maximum absolute atomic E-state index is 15.5. The van der Waals surface area contributed by atoms with Gasteiger partial charge < -0.3 is 44.0 Å². The van der Waals surface area contributed by atoms with E-state index in [1.165, 1.54) is 19.4 Å². The summed E-state index contributed by atoms with van der Waals surface area (Å²) in [5.74, 6) is -0.953. The number of aliphatic hydroxyl groups excluding tert-OH is 2. The third-order valence-electron chi connectivity index (χ3n) is 6.26. The molecule has 0 amide bonds. The zero-order valence-corrected chi connectivity index (χ0v) is 23.2. The van der Waals surface area contributed by atoms with E-state index >= 15 is 4.39 Å². The van der Waals surface area contributed by atoms with Crippen LogP contribution >= 0.6 is 15.2 Å². The molecule has 0 aromatic carbocycles. The van der Waals surface area contributed by atoms with Crippen molar-refractivity contribution in [1.29, 1.82) is 0 Å². The number of halogens is 1. The van der Waals surface area contributed by atoms with E-state index in [0.717, 1.165) is 25.7 Å². The molecule has 0 bridgehead atoms. The minimum atomic E-state index is -4.87. The fourth-order valence-electron chi connectivity index (χ4n) is 4.50. The average molecular weight is 580 g/mol. The molecule has 16 heteroatoms. The van der Waals surface area contributed by atoms with Crippen molar-refractivity contribution >= 4 is 32.0 Å². The van der Waals surface area contributed by atoms with Gasteiger partial charge in [-0.1, -0.05) is 25.8 Å². The van der Waals surface area contributed by atoms with Crippen molar-refractivity contribution in [3.8, 4) is 6.01 Å². The standard InChI is InChI=1S/C22H35FN4O9P2/c1-4-7-13(11-36-38(33,34)12-37(30,31)32)19(28)16(23)20(29)15-10-27(2)18-17(15)25-22(35-3)26-21(18)24-14-8-5-6-9-14/h7,10,14,16,19-20,28-29H,4-6,8-9,11-12H2,1-3H3,(H,33,34)(H,24,25,26)(H2,30,31,32)/b13-7-/t16-,19+,20-/m0/s1. The molecule has 0 radical (unpaired) electrons. The quantitative estimate of drug-likeness (QED) is 0.150. The van der Waals surface area contributed by atoms with Crippen LogP contribution in [0, 0.1) is 0 Å². The first-order valence-corrected chi connectivity index (χ1v) is 15.7. The van der Waals surface area contributed by atoms with Crippen LogP contribution in [-0.4, -0.2) is 77.4 Å². The molecule has 1 unspecified atom stereocenters. The van der Waals surface area contributed by atoms with E-state index < -0.39 is 46.1 Å². The number of aromatic nitrogens is 3. The Morgan fingerprint density at radius 1 is 1.26 bits per heavy atom. The summed E-state index contributed by atoms with van der Waals surface area (Å²) in [6, 6.07) is 0.212. The zero-order chi connectivity index (χ0) is 28.3. The highest BCUT2D eigenvalue weighted by molar-refractivity contribution is 7.70. The molecule has 1 aliphatic carbocycles. The topological polar surface area (TPSA) is 196 Å². The number of nitrogens with one attached hydrogen (secondary N) is 1. The minimum absolute atomic E-state index is 0.0114. The first-order valence-electron chi connectivity index (χ1n) is 12.1. The van der Waals surface area contributed by atoms with Crippen molar-refractivity contribution in [2.45, 2.75) is 63.4 Å². The van der Waals surface area contributed by atoms with Gasteiger partial charge in [0.25, 0.3) is 0 Å². The Hall–Kier alpha value is -1.89. The third kappa shape index (κ3) is 7.61. The monoisotopic (exact) mass is 580 g/mol. The molecule has 0 saturated heterocycles. The molecule has 6 N–H and O–H groups in total. The summed E-state index contributed by atoms with van der Waals surface area (Å²) < 4.78 is 50.2. The highest BCUT2D eigenvalue weighted by atomic mass is 31.2. The van der Waals surface area contributed by atoms with Crippen LogP contribution in [0.5, 0.6) is 6.01 Å². The van der Waals surface area contributed by atoms with Crippen molar-refractivity contribution < 1.29 is 47.7 Å². The number of allylic oxidation sites excluding steroid dienone is 1. The number of fused-ring (bicyclic) bond motifs is 1. The molecule has 0 spiro atoms. The van der Waals surface area contributed by atoms with Gasteiger partial charge in [0.1, 0.15) is 23.2 Å². The Morgan fingerprint density at radius 2 is 1.92 bits per heavy atom. The van der Waals surface area contributed by atoms with Crippen LogP contribution < -0.4 is 10.1 Å². The Morgan fingerprint density at radius 3 is 2.50 bits per heavy atom. The van der Waals surface area contributed by atoms with Gasteiger partial charge in [-0.05, 0) is 24.8 Å². The maximum atomic E-state index is 15.5. The molecule has 3 rings (SSSR count). The van der Waals surface area contributed by atoms with Crippen LogP contribution in [0.15, 0.2) is 17.8 Å². The Bertz CT molecular complexity index is 1250. The van der Waals surface area contributed by atoms with Crippen molar-refractivity contribution in [2.75, 3.05) is 24.9 Å². The molecule has 214 valence electrons. The molecule has 2 aromatic heterocycles. The van der Waals surface area contributed by atoms with Gasteiger partial charge in [0.15, 0.2) is 17.9 Å². The first kappa shape index (κ1) is 30.6. The summed E-state index contributed by atoms with van der Waals surface area (Å²) >= 11 is 0. The molecule has 4 atom stereocenters. The number of hydrogen-bond donors (Lipinski definition) is 6. The van der Waals surface area contributed by atoms with Crippen LogP contribution in [0.1, 0.15) is 50.7 Å². The third-order valence-corrected chi connectivity index (χ3v) is 9.70. The van der Waals surface area contributed by atoms with Gasteiger partial charge in [-0.3, -0.25) is 9.13 Å². The van der Waals surface area contributed by atoms with Crippen molar-refractivity contribution in [3.05, 3.63) is 23.4 Å². The molecule has 2 heterocycles. The smallest absolute Gasteiger partial charge is 0.340 e. The predicted molar refractivity (Wildman–Crippen MR) is 138 cm³/mol. The van der Waals surface area contributed by atoms with E-state index in [1.54, 1.807) is 18.5 Å². The van der Waals surface area contributed by atoms with E-state index in [0.29, 0.717) is 11.3 Å². The van der Waals surface area contributed by atoms with E-state index in [1.807, 2.05) is 0 Å². The zero-order valence-electron chi connectivity index (χ0n) is 21.4. The highest BCUT2D eigenvalue weighted by Crippen LogP contribution is 2.55. The summed E-state index contributed by atoms with van der Waals surface area (Å²) in [4.78, 5) is 36.4. The second-order valence-electron chi connectivity index (χ2n) is 9.32. The molecule has 0 aliphatic heterocycles. The second-order valence-corrected chi connectivity index (χ2v) is 13.3. The number of anilines is 1.